The van der Waals surface area contributed by atoms with Crippen molar-refractivity contribution >= 4 is 49.5 Å². The van der Waals surface area contributed by atoms with Crippen LogP contribution in [0.4, 0.5) is 5.69 Å². The fourth-order valence-electron chi connectivity index (χ4n) is 2.24. The average Bonchev–Trinajstić information content (AvgIpc) is 2.51. The number of nitrogens with two attached hydrogens (primary N) is 1. The number of amides is 2. The monoisotopic (exact) mass is 386 g/mol. The second kappa shape index (κ2) is 8.12. The lowest BCUT2D eigenvalue weighted by Gasteiger charge is -2.23. The van der Waals surface area contributed by atoms with E-state index in [1.807, 2.05) is 6.07 Å². The Balaban J connectivity index is 0.000000333. The summed E-state index contributed by atoms with van der Waals surface area (Å²) in [7, 11) is -4.73. The van der Waals surface area contributed by atoms with Gasteiger partial charge < -0.3 is 5.73 Å². The third kappa shape index (κ3) is 4.68. The number of anilines is 1. The molecule has 0 bridgehead atoms. The van der Waals surface area contributed by atoms with Gasteiger partial charge in [-0.05, 0) is 18.2 Å². The number of benzene rings is 2. The molecule has 2 aromatic rings. The molecule has 2 amide bonds. The minimum absolute atomic E-state index is 0.279. The summed E-state index contributed by atoms with van der Waals surface area (Å²) in [5.74, 6) is -0.558. The van der Waals surface area contributed by atoms with Gasteiger partial charge in [0.15, 0.2) is 0 Å². The summed E-state index contributed by atoms with van der Waals surface area (Å²) in [6.45, 7) is 0. The molecule has 0 aromatic heterocycles. The highest BCUT2D eigenvalue weighted by Gasteiger charge is 2.30. The van der Waals surface area contributed by atoms with Crippen LogP contribution in [-0.2, 0) is 21.2 Å². The van der Waals surface area contributed by atoms with Crippen LogP contribution in [0.3, 0.4) is 0 Å². The summed E-state index contributed by atoms with van der Waals surface area (Å²) < 4.78 is 50.7. The normalized spacial score (nSPS) is 11.8. The highest BCUT2D eigenvalue weighted by atomic mass is 32.2. The molecule has 0 aliphatic carbocycles. The molecule has 2 aromatic carbocycles. The Bertz CT molecular complexity index is 1010. The molecule has 0 spiro atoms. The number of hydrogen-bond donors (Lipinski definition) is 1. The van der Waals surface area contributed by atoms with Gasteiger partial charge >= 0.3 is 21.2 Å². The maximum absolute atomic E-state index is 12.0. The molecule has 12 heteroatoms. The molecule has 0 fully saturated rings. The molecular weight excluding hydrogens is 376 g/mol. The summed E-state index contributed by atoms with van der Waals surface area (Å²) >= 11 is 0. The second-order valence-corrected chi connectivity index (χ2v) is 5.32. The first-order valence-electron chi connectivity index (χ1n) is 6.25. The zero-order chi connectivity index (χ0) is 19.3. The van der Waals surface area contributed by atoms with Crippen molar-refractivity contribution in [2.45, 2.75) is 0 Å². The predicted octanol–water partition coefficient (Wildman–Crippen LogP) is -0.360. The summed E-state index contributed by atoms with van der Waals surface area (Å²) in [6, 6.07) is 8.69. The molecule has 0 atom stereocenters. The fourth-order valence-corrected chi connectivity index (χ4v) is 2.24. The first-order valence-corrected chi connectivity index (χ1v) is 8.25. The Morgan fingerprint density at radius 3 is 1.72 bits per heavy atom. The molecule has 0 saturated carbocycles. The van der Waals surface area contributed by atoms with E-state index in [9.17, 15) is 9.59 Å². The van der Waals surface area contributed by atoms with Gasteiger partial charge in [-0.2, -0.15) is 0 Å². The molecule has 10 nitrogen and oxygen atoms in total. The molecule has 0 radical (unpaired) electrons. The first kappa shape index (κ1) is 19.9. The Morgan fingerprint density at radius 2 is 1.24 bits per heavy atom. The molecule has 1 aliphatic heterocycles. The first-order chi connectivity index (χ1) is 11.6. The van der Waals surface area contributed by atoms with Gasteiger partial charge in [0.1, 0.15) is 0 Å². The van der Waals surface area contributed by atoms with Crippen LogP contribution in [0.2, 0.25) is 0 Å². The minimum Gasteiger partial charge on any atom is -0.398 e. The lowest BCUT2D eigenvalue weighted by molar-refractivity contribution is 0.0650. The Kier molecular flexibility index (Phi) is 6.47. The number of imide groups is 1. The maximum Gasteiger partial charge on any atom is 0.425 e. The number of nitrogens with zero attached hydrogens (tertiary/aromatic N) is 1. The van der Waals surface area contributed by atoms with Crippen LogP contribution in [0.25, 0.3) is 10.8 Å². The molecular formula is C13H10N2O8S2. The molecule has 132 valence electrons. The van der Waals surface area contributed by atoms with Gasteiger partial charge in [-0.15, -0.1) is 25.3 Å². The van der Waals surface area contributed by atoms with E-state index in [2.05, 4.69) is 0 Å². The summed E-state index contributed by atoms with van der Waals surface area (Å²) in [4.78, 5) is 25.1. The lowest BCUT2D eigenvalue weighted by atomic mass is 9.93. The van der Waals surface area contributed by atoms with E-state index in [0.717, 1.165) is 10.3 Å². The summed E-state index contributed by atoms with van der Waals surface area (Å²) in [5, 5.41) is 1.43. The van der Waals surface area contributed by atoms with E-state index < -0.39 is 21.2 Å². The van der Waals surface area contributed by atoms with Crippen molar-refractivity contribution in [3.05, 3.63) is 41.5 Å². The highest BCUT2D eigenvalue weighted by molar-refractivity contribution is 7.59. The van der Waals surface area contributed by atoms with Crippen LogP contribution < -0.4 is 5.73 Å². The SMILES string of the molecule is CN1C(=O)c2cccc3c(N)ccc(c23)C1=O.O=S(=O)=O.O=S(=O)=O. The Hall–Kier alpha value is -3.12. The third-order valence-electron chi connectivity index (χ3n) is 3.14. The zero-order valence-corrected chi connectivity index (χ0v) is 14.1. The molecule has 25 heavy (non-hydrogen) atoms. The van der Waals surface area contributed by atoms with E-state index in [4.69, 9.17) is 31.0 Å². The molecule has 1 aliphatic rings. The van der Waals surface area contributed by atoms with Crippen molar-refractivity contribution < 1.29 is 34.8 Å². The Morgan fingerprint density at radius 1 is 0.800 bits per heavy atom. The lowest BCUT2D eigenvalue weighted by Crippen LogP contribution is -2.36. The van der Waals surface area contributed by atoms with Gasteiger partial charge in [-0.3, -0.25) is 14.5 Å². The van der Waals surface area contributed by atoms with Gasteiger partial charge in [-0.25, -0.2) is 0 Å². The highest BCUT2D eigenvalue weighted by Crippen LogP contribution is 2.32. The molecule has 1 heterocycles. The van der Waals surface area contributed by atoms with E-state index in [-0.39, 0.29) is 11.8 Å². The summed E-state index contributed by atoms with van der Waals surface area (Å²) in [5.41, 5.74) is 7.51. The van der Waals surface area contributed by atoms with E-state index >= 15 is 0 Å². The minimum atomic E-state index is -3.11. The number of rotatable bonds is 0. The molecule has 3 rings (SSSR count). The largest absolute Gasteiger partial charge is 0.425 e. The van der Waals surface area contributed by atoms with Gasteiger partial charge in [0.25, 0.3) is 11.8 Å². The topological polar surface area (TPSA) is 166 Å². The van der Waals surface area contributed by atoms with Crippen LogP contribution in [0.15, 0.2) is 30.3 Å². The van der Waals surface area contributed by atoms with Gasteiger partial charge in [0.05, 0.1) is 0 Å². The van der Waals surface area contributed by atoms with Crippen molar-refractivity contribution in [2.24, 2.45) is 0 Å². The smallest absolute Gasteiger partial charge is 0.398 e. The standard InChI is InChI=1S/C13H10N2O2.2O3S/c1-15-12(16)8-4-2-3-7-10(14)6-5-9(11(7)8)13(15)17;2*1-4(2)3/h2-6H,14H2,1H3;;. The van der Waals surface area contributed by atoms with Crippen LogP contribution >= 0.6 is 0 Å². The molecule has 2 N–H and O–H groups in total. The number of carbonyl (C=O) groups excluding carboxylic acids is 2. The van der Waals surface area contributed by atoms with Crippen LogP contribution in [0, 0.1) is 0 Å². The van der Waals surface area contributed by atoms with Crippen molar-refractivity contribution in [3.8, 4) is 0 Å². The van der Waals surface area contributed by atoms with Crippen LogP contribution in [0.5, 0.6) is 0 Å². The fraction of sp³-hybridized carbons (Fsp3) is 0.0769. The maximum atomic E-state index is 12.0. The van der Waals surface area contributed by atoms with E-state index in [0.29, 0.717) is 22.2 Å². The van der Waals surface area contributed by atoms with E-state index in [1.165, 1.54) is 7.05 Å². The quantitative estimate of drug-likeness (QED) is 0.470. The van der Waals surface area contributed by atoms with Gasteiger partial charge in [0, 0.05) is 34.6 Å². The number of hydrogen-bond acceptors (Lipinski definition) is 9. The van der Waals surface area contributed by atoms with Crippen molar-refractivity contribution in [1.82, 2.24) is 4.90 Å². The van der Waals surface area contributed by atoms with Gasteiger partial charge in [-0.1, -0.05) is 12.1 Å². The number of carbonyl (C=O) groups is 2. The summed E-state index contributed by atoms with van der Waals surface area (Å²) in [6.07, 6.45) is 0. The number of nitrogen functional groups attached to an aromatic ring is 1. The molecule has 0 unspecified atom stereocenters. The van der Waals surface area contributed by atoms with Crippen molar-refractivity contribution in [3.63, 3.8) is 0 Å². The predicted molar refractivity (Wildman–Crippen MR) is 84.2 cm³/mol. The van der Waals surface area contributed by atoms with Crippen molar-refractivity contribution in [1.29, 1.82) is 0 Å². The Labute approximate surface area is 144 Å². The zero-order valence-electron chi connectivity index (χ0n) is 12.5. The van der Waals surface area contributed by atoms with Gasteiger partial charge in [0.2, 0.25) is 0 Å². The molecule has 0 saturated heterocycles. The second-order valence-electron chi connectivity index (χ2n) is 4.51. The van der Waals surface area contributed by atoms with Crippen LogP contribution in [0.1, 0.15) is 20.7 Å². The third-order valence-corrected chi connectivity index (χ3v) is 3.14. The van der Waals surface area contributed by atoms with E-state index in [1.54, 1.807) is 24.3 Å². The van der Waals surface area contributed by atoms with Crippen LogP contribution in [-0.4, -0.2) is 49.0 Å². The van der Waals surface area contributed by atoms with Crippen molar-refractivity contribution in [2.75, 3.05) is 12.8 Å². The average molecular weight is 386 g/mol.